The van der Waals surface area contributed by atoms with E-state index in [9.17, 15) is 10.2 Å². The molecule has 0 saturated carbocycles. The lowest BCUT2D eigenvalue weighted by molar-refractivity contribution is -0.0684. The Morgan fingerprint density at radius 2 is 1.79 bits per heavy atom. The Morgan fingerprint density at radius 1 is 1.29 bits per heavy atom. The fourth-order valence-electron chi connectivity index (χ4n) is 2.24. The molecule has 0 aliphatic heterocycles. The number of aliphatic hydroxyl groups excluding tert-OH is 1. The third kappa shape index (κ3) is 1.45. The van der Waals surface area contributed by atoms with Gasteiger partial charge in [0.1, 0.15) is 0 Å². The van der Waals surface area contributed by atoms with Crippen LogP contribution in [0.5, 0.6) is 0 Å². The smallest absolute Gasteiger partial charge is 0.0985 e. The molecule has 0 spiro atoms. The topological polar surface area (TPSA) is 40.5 Å². The van der Waals surface area contributed by atoms with Crippen molar-refractivity contribution in [1.82, 2.24) is 0 Å². The van der Waals surface area contributed by atoms with E-state index in [-0.39, 0.29) is 0 Å². The molecule has 0 heterocycles. The fourth-order valence-corrected chi connectivity index (χ4v) is 2.24. The minimum atomic E-state index is -0.932. The van der Waals surface area contributed by atoms with E-state index in [0.29, 0.717) is 19.3 Å². The minimum absolute atomic E-state index is 0.582. The van der Waals surface area contributed by atoms with Gasteiger partial charge in [-0.3, -0.25) is 0 Å². The largest absolute Gasteiger partial charge is 0.390 e. The molecule has 2 heteroatoms. The molecular formula is C12H16O2. The highest BCUT2D eigenvalue weighted by Gasteiger charge is 2.40. The predicted molar refractivity (Wildman–Crippen MR) is 55.1 cm³/mol. The number of aliphatic hydroxyl groups is 2. The van der Waals surface area contributed by atoms with Crippen molar-refractivity contribution < 1.29 is 10.2 Å². The number of rotatable bonds is 2. The monoisotopic (exact) mass is 192 g/mol. The van der Waals surface area contributed by atoms with Crippen LogP contribution in [-0.2, 0) is 12.8 Å². The van der Waals surface area contributed by atoms with Gasteiger partial charge in [-0.15, -0.1) is 0 Å². The van der Waals surface area contributed by atoms with E-state index in [4.69, 9.17) is 0 Å². The molecule has 0 saturated heterocycles. The average molecular weight is 192 g/mol. The summed E-state index contributed by atoms with van der Waals surface area (Å²) in [7, 11) is 0. The first-order valence-corrected chi connectivity index (χ1v) is 5.13. The third-order valence-corrected chi connectivity index (χ3v) is 3.12. The summed E-state index contributed by atoms with van der Waals surface area (Å²) in [6, 6.07) is 8.00. The van der Waals surface area contributed by atoms with Gasteiger partial charge in [-0.25, -0.2) is 0 Å². The van der Waals surface area contributed by atoms with E-state index in [1.807, 2.05) is 31.2 Å². The molecule has 1 unspecified atom stereocenters. The molecule has 1 aliphatic carbocycles. The van der Waals surface area contributed by atoms with Crippen molar-refractivity contribution in [1.29, 1.82) is 0 Å². The second-order valence-electron chi connectivity index (χ2n) is 4.15. The summed E-state index contributed by atoms with van der Waals surface area (Å²) < 4.78 is 0. The van der Waals surface area contributed by atoms with Crippen molar-refractivity contribution in [2.24, 2.45) is 0 Å². The zero-order chi connectivity index (χ0) is 10.2. The maximum Gasteiger partial charge on any atom is 0.0985 e. The molecular weight excluding hydrogens is 176 g/mol. The van der Waals surface area contributed by atoms with Crippen molar-refractivity contribution in [3.8, 4) is 0 Å². The molecule has 14 heavy (non-hydrogen) atoms. The van der Waals surface area contributed by atoms with Crippen LogP contribution >= 0.6 is 0 Å². The second kappa shape index (κ2) is 3.37. The van der Waals surface area contributed by atoms with Gasteiger partial charge in [0.2, 0.25) is 0 Å². The maximum absolute atomic E-state index is 10.2. The van der Waals surface area contributed by atoms with E-state index in [1.165, 1.54) is 11.1 Å². The molecule has 2 rings (SSSR count). The minimum Gasteiger partial charge on any atom is -0.390 e. The number of hydrogen-bond donors (Lipinski definition) is 2. The SMILES string of the molecule is CCC(O)C1(O)Cc2ccccc2C1. The Labute approximate surface area is 84.2 Å². The summed E-state index contributed by atoms with van der Waals surface area (Å²) in [5.74, 6) is 0. The Hall–Kier alpha value is -0.860. The lowest BCUT2D eigenvalue weighted by Gasteiger charge is -2.27. The fraction of sp³-hybridized carbons (Fsp3) is 0.500. The maximum atomic E-state index is 10.2. The molecule has 1 aromatic carbocycles. The quantitative estimate of drug-likeness (QED) is 0.741. The average Bonchev–Trinajstić information content (AvgIpc) is 2.54. The third-order valence-electron chi connectivity index (χ3n) is 3.12. The lowest BCUT2D eigenvalue weighted by atomic mass is 9.92. The molecule has 1 atom stereocenters. The summed E-state index contributed by atoms with van der Waals surface area (Å²) in [4.78, 5) is 0. The normalized spacial score (nSPS) is 20.5. The number of fused-ring (bicyclic) bond motifs is 1. The van der Waals surface area contributed by atoms with Gasteiger partial charge in [0, 0.05) is 12.8 Å². The van der Waals surface area contributed by atoms with Crippen LogP contribution in [0.2, 0.25) is 0 Å². The first-order valence-electron chi connectivity index (χ1n) is 5.13. The Bertz CT molecular complexity index is 308. The van der Waals surface area contributed by atoms with E-state index in [0.717, 1.165) is 0 Å². The highest BCUT2D eigenvalue weighted by atomic mass is 16.3. The van der Waals surface area contributed by atoms with E-state index in [1.54, 1.807) is 0 Å². The van der Waals surface area contributed by atoms with Gasteiger partial charge in [-0.05, 0) is 17.5 Å². The van der Waals surface area contributed by atoms with E-state index < -0.39 is 11.7 Å². The van der Waals surface area contributed by atoms with Gasteiger partial charge in [-0.1, -0.05) is 31.2 Å². The first kappa shape index (κ1) is 9.69. The highest BCUT2D eigenvalue weighted by molar-refractivity contribution is 5.35. The van der Waals surface area contributed by atoms with Crippen LogP contribution in [0, 0.1) is 0 Å². The lowest BCUT2D eigenvalue weighted by Crippen LogP contribution is -2.42. The molecule has 0 radical (unpaired) electrons. The van der Waals surface area contributed by atoms with Crippen molar-refractivity contribution in [3.05, 3.63) is 35.4 Å². The molecule has 0 bridgehead atoms. The van der Waals surface area contributed by atoms with Crippen LogP contribution in [-0.4, -0.2) is 21.9 Å². The van der Waals surface area contributed by atoms with Crippen molar-refractivity contribution >= 4 is 0 Å². The molecule has 2 N–H and O–H groups in total. The van der Waals surface area contributed by atoms with Crippen molar-refractivity contribution in [3.63, 3.8) is 0 Å². The van der Waals surface area contributed by atoms with Gasteiger partial charge < -0.3 is 10.2 Å². The van der Waals surface area contributed by atoms with Gasteiger partial charge in [0.15, 0.2) is 0 Å². The molecule has 76 valence electrons. The summed E-state index contributed by atoms with van der Waals surface area (Å²) >= 11 is 0. The standard InChI is InChI=1S/C12H16O2/c1-2-11(13)12(14)7-9-5-3-4-6-10(9)8-12/h3-6,11,13-14H,2,7-8H2,1H3. The van der Waals surface area contributed by atoms with Gasteiger partial charge >= 0.3 is 0 Å². The van der Waals surface area contributed by atoms with Gasteiger partial charge in [0.05, 0.1) is 11.7 Å². The summed E-state index contributed by atoms with van der Waals surface area (Å²) in [6.45, 7) is 1.89. The molecule has 0 aromatic heterocycles. The Kier molecular flexibility index (Phi) is 2.33. The van der Waals surface area contributed by atoms with Gasteiger partial charge in [0.25, 0.3) is 0 Å². The van der Waals surface area contributed by atoms with E-state index in [2.05, 4.69) is 0 Å². The van der Waals surface area contributed by atoms with Crippen molar-refractivity contribution in [2.45, 2.75) is 37.9 Å². The first-order chi connectivity index (χ1) is 6.65. The highest BCUT2D eigenvalue weighted by Crippen LogP contribution is 2.33. The molecule has 1 aromatic rings. The zero-order valence-corrected chi connectivity index (χ0v) is 8.40. The van der Waals surface area contributed by atoms with Gasteiger partial charge in [-0.2, -0.15) is 0 Å². The summed E-state index contributed by atoms with van der Waals surface area (Å²) in [5.41, 5.74) is 1.41. The van der Waals surface area contributed by atoms with Crippen LogP contribution in [0.3, 0.4) is 0 Å². The number of benzene rings is 1. The summed E-state index contributed by atoms with van der Waals surface area (Å²) in [6.07, 6.45) is 1.15. The van der Waals surface area contributed by atoms with Crippen LogP contribution in [0.15, 0.2) is 24.3 Å². The summed E-state index contributed by atoms with van der Waals surface area (Å²) in [5, 5.41) is 20.0. The number of hydrogen-bond acceptors (Lipinski definition) is 2. The van der Waals surface area contributed by atoms with Crippen LogP contribution in [0.1, 0.15) is 24.5 Å². The van der Waals surface area contributed by atoms with Crippen LogP contribution < -0.4 is 0 Å². The Morgan fingerprint density at radius 3 is 2.21 bits per heavy atom. The molecule has 0 amide bonds. The van der Waals surface area contributed by atoms with Crippen LogP contribution in [0.25, 0.3) is 0 Å². The van der Waals surface area contributed by atoms with Crippen LogP contribution in [0.4, 0.5) is 0 Å². The van der Waals surface area contributed by atoms with E-state index >= 15 is 0 Å². The Balaban J connectivity index is 2.25. The zero-order valence-electron chi connectivity index (χ0n) is 8.40. The molecule has 2 nitrogen and oxygen atoms in total. The molecule has 1 aliphatic rings. The second-order valence-corrected chi connectivity index (χ2v) is 4.15. The predicted octanol–water partition coefficient (Wildman–Crippen LogP) is 1.29. The molecule has 0 fully saturated rings. The van der Waals surface area contributed by atoms with Crippen molar-refractivity contribution in [2.75, 3.05) is 0 Å².